The van der Waals surface area contributed by atoms with E-state index in [1.165, 1.54) is 0 Å². The summed E-state index contributed by atoms with van der Waals surface area (Å²) in [7, 11) is 0. The number of rotatable bonds is 5. The van der Waals surface area contributed by atoms with Crippen LogP contribution in [0.5, 0.6) is 5.75 Å². The molecule has 0 aliphatic rings. The van der Waals surface area contributed by atoms with Crippen LogP contribution in [-0.2, 0) is 0 Å². The second-order valence-corrected chi connectivity index (χ2v) is 6.41. The van der Waals surface area contributed by atoms with Gasteiger partial charge in [0.05, 0.1) is 6.04 Å². The quantitative estimate of drug-likeness (QED) is 0.749. The van der Waals surface area contributed by atoms with Crippen LogP contribution in [0, 0.1) is 6.92 Å². The number of halogens is 1. The van der Waals surface area contributed by atoms with Crippen molar-refractivity contribution in [1.82, 2.24) is 5.32 Å². The minimum absolute atomic E-state index is 0.107. The average molecular weight is 379 g/mol. The minimum Gasteiger partial charge on any atom is -0.491 e. The first kappa shape index (κ1) is 16.8. The summed E-state index contributed by atoms with van der Waals surface area (Å²) in [4.78, 5) is 0. The molecule has 5 heteroatoms. The Kier molecular flexibility index (Phi) is 6.21. The Hall–Kier alpha value is -1.59. The summed E-state index contributed by atoms with van der Waals surface area (Å²) >= 11 is 8.72. The van der Waals surface area contributed by atoms with Gasteiger partial charge >= 0.3 is 0 Å². The van der Waals surface area contributed by atoms with Crippen molar-refractivity contribution >= 4 is 38.9 Å². The van der Waals surface area contributed by atoms with Gasteiger partial charge in [-0.3, -0.25) is 0 Å². The first-order chi connectivity index (χ1) is 10.5. The van der Waals surface area contributed by atoms with E-state index in [-0.39, 0.29) is 6.04 Å². The average Bonchev–Trinajstić information content (AvgIpc) is 2.49. The summed E-state index contributed by atoms with van der Waals surface area (Å²) < 4.78 is 6.85. The highest BCUT2D eigenvalue weighted by molar-refractivity contribution is 9.10. The summed E-state index contributed by atoms with van der Waals surface area (Å²) in [6, 6.07) is 16.0. The molecule has 0 saturated heterocycles. The number of hydrogen-bond acceptors (Lipinski definition) is 2. The van der Waals surface area contributed by atoms with E-state index in [4.69, 9.17) is 17.0 Å². The largest absolute Gasteiger partial charge is 0.491 e. The minimum atomic E-state index is 0.107. The van der Waals surface area contributed by atoms with Crippen LogP contribution in [0.4, 0.5) is 5.69 Å². The van der Waals surface area contributed by atoms with Gasteiger partial charge in [-0.25, -0.2) is 0 Å². The zero-order valence-electron chi connectivity index (χ0n) is 12.6. The lowest BCUT2D eigenvalue weighted by atomic mass is 10.2. The Morgan fingerprint density at radius 1 is 1.18 bits per heavy atom. The zero-order chi connectivity index (χ0) is 15.9. The van der Waals surface area contributed by atoms with Crippen molar-refractivity contribution in [3.63, 3.8) is 0 Å². The van der Waals surface area contributed by atoms with Crippen molar-refractivity contribution in [2.75, 3.05) is 11.9 Å². The second-order valence-electron chi connectivity index (χ2n) is 5.08. The summed E-state index contributed by atoms with van der Waals surface area (Å²) in [6.07, 6.45) is 0. The van der Waals surface area contributed by atoms with Gasteiger partial charge in [0.2, 0.25) is 0 Å². The van der Waals surface area contributed by atoms with Crippen LogP contribution in [0.3, 0.4) is 0 Å². The second kappa shape index (κ2) is 8.15. The third-order valence-electron chi connectivity index (χ3n) is 3.06. The molecular formula is C17H19BrN2OS. The number of thiocarbonyl (C=S) groups is 1. The Labute approximate surface area is 145 Å². The molecular weight excluding hydrogens is 360 g/mol. The molecule has 2 rings (SSSR count). The topological polar surface area (TPSA) is 33.3 Å². The first-order valence-corrected chi connectivity index (χ1v) is 8.26. The summed E-state index contributed by atoms with van der Waals surface area (Å²) in [5, 5.41) is 6.96. The molecule has 0 heterocycles. The molecule has 2 N–H and O–H groups in total. The zero-order valence-corrected chi connectivity index (χ0v) is 15.0. The van der Waals surface area contributed by atoms with E-state index in [0.717, 1.165) is 21.5 Å². The molecule has 116 valence electrons. The van der Waals surface area contributed by atoms with Gasteiger partial charge in [-0.05, 0) is 62.0 Å². The van der Waals surface area contributed by atoms with Gasteiger partial charge in [-0.15, -0.1) is 0 Å². The van der Waals surface area contributed by atoms with Crippen LogP contribution in [0.25, 0.3) is 0 Å². The number of anilines is 1. The fourth-order valence-electron chi connectivity index (χ4n) is 1.90. The lowest BCUT2D eigenvalue weighted by Gasteiger charge is -2.18. The van der Waals surface area contributed by atoms with Gasteiger partial charge in [-0.1, -0.05) is 34.1 Å². The first-order valence-electron chi connectivity index (χ1n) is 7.06. The number of benzene rings is 2. The van der Waals surface area contributed by atoms with Crippen molar-refractivity contribution < 1.29 is 4.74 Å². The van der Waals surface area contributed by atoms with Gasteiger partial charge in [0, 0.05) is 10.2 Å². The molecule has 0 aliphatic heterocycles. The lowest BCUT2D eigenvalue weighted by Crippen LogP contribution is -2.39. The molecule has 3 nitrogen and oxygen atoms in total. The number of para-hydroxylation sites is 1. The predicted octanol–water partition coefficient (Wildman–Crippen LogP) is 4.51. The molecule has 2 aromatic carbocycles. The van der Waals surface area contributed by atoms with Gasteiger partial charge < -0.3 is 15.4 Å². The van der Waals surface area contributed by atoms with E-state index in [1.807, 2.05) is 62.4 Å². The van der Waals surface area contributed by atoms with Crippen LogP contribution in [0.2, 0.25) is 0 Å². The summed E-state index contributed by atoms with van der Waals surface area (Å²) in [5.74, 6) is 0.905. The summed E-state index contributed by atoms with van der Waals surface area (Å²) in [5.41, 5.74) is 2.08. The number of nitrogens with one attached hydrogen (secondary N) is 2. The van der Waals surface area contributed by atoms with Gasteiger partial charge in [0.15, 0.2) is 5.11 Å². The molecule has 2 aromatic rings. The molecule has 1 unspecified atom stereocenters. The van der Waals surface area contributed by atoms with Crippen molar-refractivity contribution in [3.05, 3.63) is 58.6 Å². The monoisotopic (exact) mass is 378 g/mol. The van der Waals surface area contributed by atoms with Crippen molar-refractivity contribution in [3.8, 4) is 5.75 Å². The van der Waals surface area contributed by atoms with Crippen LogP contribution < -0.4 is 15.4 Å². The Morgan fingerprint density at radius 3 is 2.55 bits per heavy atom. The van der Waals surface area contributed by atoms with Crippen molar-refractivity contribution in [1.29, 1.82) is 0 Å². The molecule has 0 amide bonds. The third-order valence-corrected chi connectivity index (χ3v) is 3.81. The molecule has 0 bridgehead atoms. The smallest absolute Gasteiger partial charge is 0.171 e. The van der Waals surface area contributed by atoms with Crippen molar-refractivity contribution in [2.24, 2.45) is 0 Å². The van der Waals surface area contributed by atoms with E-state index in [2.05, 4.69) is 26.6 Å². The molecule has 0 fully saturated rings. The standard InChI is InChI=1S/C17H19BrN2OS/c1-12-5-3-4-6-16(12)21-11-13(2)19-17(22)20-15-9-7-14(18)8-10-15/h3-10,13H,11H2,1-2H3,(H2,19,20,22). The Balaban J connectivity index is 1.79. The fraction of sp³-hybridized carbons (Fsp3) is 0.235. The van der Waals surface area contributed by atoms with E-state index in [1.54, 1.807) is 0 Å². The van der Waals surface area contributed by atoms with Gasteiger partial charge in [0.1, 0.15) is 12.4 Å². The van der Waals surface area contributed by atoms with Crippen LogP contribution in [-0.4, -0.2) is 17.8 Å². The fourth-order valence-corrected chi connectivity index (χ4v) is 2.48. The molecule has 0 radical (unpaired) electrons. The maximum absolute atomic E-state index is 5.81. The third kappa shape index (κ3) is 5.31. The highest BCUT2D eigenvalue weighted by Gasteiger charge is 2.06. The normalized spacial score (nSPS) is 11.6. The summed E-state index contributed by atoms with van der Waals surface area (Å²) in [6.45, 7) is 4.62. The number of aryl methyl sites for hydroxylation is 1. The molecule has 1 atom stereocenters. The van der Waals surface area contributed by atoms with E-state index in [0.29, 0.717) is 11.7 Å². The van der Waals surface area contributed by atoms with Crippen LogP contribution in [0.15, 0.2) is 53.0 Å². The maximum atomic E-state index is 5.81. The molecule has 0 aromatic heterocycles. The van der Waals surface area contributed by atoms with E-state index in [9.17, 15) is 0 Å². The highest BCUT2D eigenvalue weighted by Crippen LogP contribution is 2.16. The van der Waals surface area contributed by atoms with Gasteiger partial charge in [0.25, 0.3) is 0 Å². The Bertz CT molecular complexity index is 631. The highest BCUT2D eigenvalue weighted by atomic mass is 79.9. The maximum Gasteiger partial charge on any atom is 0.171 e. The van der Waals surface area contributed by atoms with E-state index < -0.39 is 0 Å². The molecule has 0 spiro atoms. The molecule has 22 heavy (non-hydrogen) atoms. The Morgan fingerprint density at radius 2 is 1.86 bits per heavy atom. The van der Waals surface area contributed by atoms with E-state index >= 15 is 0 Å². The number of ether oxygens (including phenoxy) is 1. The van der Waals surface area contributed by atoms with Crippen LogP contribution in [0.1, 0.15) is 12.5 Å². The predicted molar refractivity (Wildman–Crippen MR) is 99.6 cm³/mol. The molecule has 0 saturated carbocycles. The van der Waals surface area contributed by atoms with Crippen molar-refractivity contribution in [2.45, 2.75) is 19.9 Å². The van der Waals surface area contributed by atoms with Crippen LogP contribution >= 0.6 is 28.1 Å². The lowest BCUT2D eigenvalue weighted by molar-refractivity contribution is 0.285. The van der Waals surface area contributed by atoms with Gasteiger partial charge in [-0.2, -0.15) is 0 Å². The SMILES string of the molecule is Cc1ccccc1OCC(C)NC(=S)Nc1ccc(Br)cc1. The number of hydrogen-bond donors (Lipinski definition) is 2. The molecule has 0 aliphatic carbocycles.